The minimum Gasteiger partial charge on any atom is -0.446 e. The quantitative estimate of drug-likeness (QED) is 0.570. The van der Waals surface area contributed by atoms with Gasteiger partial charge < -0.3 is 9.94 Å². The molecule has 1 saturated heterocycles. The maximum atomic E-state index is 9.86. The van der Waals surface area contributed by atoms with E-state index >= 15 is 0 Å². The highest BCUT2D eigenvalue weighted by Crippen LogP contribution is 2.14. The number of rotatable bonds is 2. The van der Waals surface area contributed by atoms with Crippen molar-refractivity contribution in [1.29, 1.82) is 0 Å². The standard InChI is InChI=1S/C6H11NO3/c8-5-10-6-3-1-2-4-7(6)9/h5-6,9H,1-4H2. The normalized spacial score (nSPS) is 27.9. The highest BCUT2D eigenvalue weighted by atomic mass is 16.6. The first-order valence-corrected chi connectivity index (χ1v) is 3.39. The first-order valence-electron chi connectivity index (χ1n) is 3.39. The Morgan fingerprint density at radius 2 is 2.40 bits per heavy atom. The lowest BCUT2D eigenvalue weighted by atomic mass is 10.1. The molecular weight excluding hydrogens is 134 g/mol. The Bertz CT molecular complexity index is 118. The molecule has 1 N–H and O–H groups in total. The molecule has 0 bridgehead atoms. The molecule has 1 aliphatic rings. The second kappa shape index (κ2) is 3.53. The summed E-state index contributed by atoms with van der Waals surface area (Å²) >= 11 is 0. The van der Waals surface area contributed by atoms with E-state index in [9.17, 15) is 4.79 Å². The second-order valence-corrected chi connectivity index (χ2v) is 2.35. The molecular formula is C6H11NO3. The zero-order valence-electron chi connectivity index (χ0n) is 5.69. The van der Waals surface area contributed by atoms with Crippen molar-refractivity contribution in [2.24, 2.45) is 0 Å². The summed E-state index contributed by atoms with van der Waals surface area (Å²) in [6.07, 6.45) is 2.30. The smallest absolute Gasteiger partial charge is 0.294 e. The molecule has 0 radical (unpaired) electrons. The zero-order valence-corrected chi connectivity index (χ0v) is 5.69. The molecule has 1 aliphatic heterocycles. The monoisotopic (exact) mass is 145 g/mol. The molecule has 0 aromatic rings. The van der Waals surface area contributed by atoms with Gasteiger partial charge in [-0.3, -0.25) is 4.79 Å². The van der Waals surface area contributed by atoms with Crippen LogP contribution in [0.15, 0.2) is 0 Å². The number of hydrogen-bond donors (Lipinski definition) is 1. The molecule has 1 heterocycles. The molecule has 10 heavy (non-hydrogen) atoms. The number of hydrogen-bond acceptors (Lipinski definition) is 4. The molecule has 1 unspecified atom stereocenters. The van der Waals surface area contributed by atoms with Crippen LogP contribution in [0.1, 0.15) is 19.3 Å². The predicted octanol–water partition coefficient (Wildman–Crippen LogP) is 0.361. The molecule has 1 atom stereocenters. The minimum absolute atomic E-state index is 0.374. The molecule has 0 spiro atoms. The van der Waals surface area contributed by atoms with E-state index < -0.39 is 6.23 Å². The van der Waals surface area contributed by atoms with Crippen molar-refractivity contribution >= 4 is 6.47 Å². The highest BCUT2D eigenvalue weighted by molar-refractivity contribution is 5.37. The third kappa shape index (κ3) is 1.68. The van der Waals surface area contributed by atoms with Crippen LogP contribution in [0, 0.1) is 0 Å². The molecule has 4 heteroatoms. The van der Waals surface area contributed by atoms with Crippen molar-refractivity contribution in [2.75, 3.05) is 6.54 Å². The molecule has 0 aromatic carbocycles. The van der Waals surface area contributed by atoms with Crippen LogP contribution in [0.2, 0.25) is 0 Å². The second-order valence-electron chi connectivity index (χ2n) is 2.35. The van der Waals surface area contributed by atoms with Crippen LogP contribution in [0.3, 0.4) is 0 Å². The summed E-state index contributed by atoms with van der Waals surface area (Å²) in [6.45, 7) is 0.970. The van der Waals surface area contributed by atoms with Crippen molar-refractivity contribution in [3.8, 4) is 0 Å². The third-order valence-corrected chi connectivity index (χ3v) is 1.63. The van der Waals surface area contributed by atoms with Gasteiger partial charge in [0.1, 0.15) is 0 Å². The van der Waals surface area contributed by atoms with Gasteiger partial charge in [-0.15, -0.1) is 0 Å². The SMILES string of the molecule is O=COC1CCCCN1O. The summed E-state index contributed by atoms with van der Waals surface area (Å²) in [7, 11) is 0. The number of ether oxygens (including phenoxy) is 1. The predicted molar refractivity (Wildman–Crippen MR) is 33.3 cm³/mol. The van der Waals surface area contributed by atoms with Crippen molar-refractivity contribution < 1.29 is 14.7 Å². The van der Waals surface area contributed by atoms with Gasteiger partial charge >= 0.3 is 0 Å². The largest absolute Gasteiger partial charge is 0.446 e. The van der Waals surface area contributed by atoms with E-state index in [1.807, 2.05) is 0 Å². The first kappa shape index (κ1) is 7.50. The van der Waals surface area contributed by atoms with Crippen LogP contribution in [0.4, 0.5) is 0 Å². The fraction of sp³-hybridized carbons (Fsp3) is 0.833. The number of carbonyl (C=O) groups excluding carboxylic acids is 1. The molecule has 0 aromatic heterocycles. The Balaban J connectivity index is 2.32. The lowest BCUT2D eigenvalue weighted by Gasteiger charge is -2.28. The van der Waals surface area contributed by atoms with E-state index in [4.69, 9.17) is 5.21 Å². The minimum atomic E-state index is -0.411. The number of carbonyl (C=O) groups is 1. The van der Waals surface area contributed by atoms with Crippen LogP contribution in [0.5, 0.6) is 0 Å². The average molecular weight is 145 g/mol. The lowest BCUT2D eigenvalue weighted by molar-refractivity contribution is -0.221. The summed E-state index contributed by atoms with van der Waals surface area (Å²) < 4.78 is 4.59. The molecule has 58 valence electrons. The van der Waals surface area contributed by atoms with Gasteiger partial charge in [-0.2, -0.15) is 5.06 Å². The maximum absolute atomic E-state index is 9.86. The summed E-state index contributed by atoms with van der Waals surface area (Å²) in [5.41, 5.74) is 0. The lowest BCUT2D eigenvalue weighted by Crippen LogP contribution is -2.38. The van der Waals surface area contributed by atoms with Gasteiger partial charge in [-0.05, 0) is 12.8 Å². The number of piperidine rings is 1. The Hall–Kier alpha value is -0.610. The van der Waals surface area contributed by atoms with Crippen LogP contribution < -0.4 is 0 Å². The van der Waals surface area contributed by atoms with Gasteiger partial charge in [0.2, 0.25) is 0 Å². The average Bonchev–Trinajstić information content (AvgIpc) is 1.94. The van der Waals surface area contributed by atoms with Gasteiger partial charge in [0.15, 0.2) is 6.23 Å². The Labute approximate surface area is 59.3 Å². The van der Waals surface area contributed by atoms with Crippen LogP contribution >= 0.6 is 0 Å². The molecule has 1 rings (SSSR count). The molecule has 1 fully saturated rings. The van der Waals surface area contributed by atoms with Crippen molar-refractivity contribution in [1.82, 2.24) is 5.06 Å². The Morgan fingerprint density at radius 3 is 3.00 bits per heavy atom. The Morgan fingerprint density at radius 1 is 1.60 bits per heavy atom. The number of hydroxylamine groups is 2. The van der Waals surface area contributed by atoms with Crippen molar-refractivity contribution in [3.63, 3.8) is 0 Å². The third-order valence-electron chi connectivity index (χ3n) is 1.63. The summed E-state index contributed by atoms with van der Waals surface area (Å²) in [4.78, 5) is 9.86. The van der Waals surface area contributed by atoms with Crippen LogP contribution in [-0.4, -0.2) is 29.5 Å². The molecule has 0 saturated carbocycles. The topological polar surface area (TPSA) is 49.8 Å². The number of nitrogens with zero attached hydrogens (tertiary/aromatic N) is 1. The fourth-order valence-corrected chi connectivity index (χ4v) is 1.09. The molecule has 0 aliphatic carbocycles. The van der Waals surface area contributed by atoms with Crippen LogP contribution in [-0.2, 0) is 9.53 Å². The molecule has 0 amide bonds. The highest BCUT2D eigenvalue weighted by Gasteiger charge is 2.20. The maximum Gasteiger partial charge on any atom is 0.294 e. The summed E-state index contributed by atoms with van der Waals surface area (Å²) in [6, 6.07) is 0. The van der Waals surface area contributed by atoms with Gasteiger partial charge in [-0.25, -0.2) is 0 Å². The van der Waals surface area contributed by atoms with Gasteiger partial charge in [-0.1, -0.05) is 0 Å². The van der Waals surface area contributed by atoms with Crippen LogP contribution in [0.25, 0.3) is 0 Å². The van der Waals surface area contributed by atoms with E-state index in [0.717, 1.165) is 24.3 Å². The van der Waals surface area contributed by atoms with Gasteiger partial charge in [0.25, 0.3) is 6.47 Å². The van der Waals surface area contributed by atoms with E-state index in [1.54, 1.807) is 0 Å². The van der Waals surface area contributed by atoms with Crippen molar-refractivity contribution in [2.45, 2.75) is 25.5 Å². The van der Waals surface area contributed by atoms with E-state index in [0.29, 0.717) is 13.0 Å². The van der Waals surface area contributed by atoms with Gasteiger partial charge in [0, 0.05) is 13.0 Å². The van der Waals surface area contributed by atoms with E-state index in [1.165, 1.54) is 0 Å². The van der Waals surface area contributed by atoms with E-state index in [2.05, 4.69) is 4.74 Å². The fourth-order valence-electron chi connectivity index (χ4n) is 1.09. The first-order chi connectivity index (χ1) is 4.84. The summed E-state index contributed by atoms with van der Waals surface area (Å²) in [5.74, 6) is 0. The van der Waals surface area contributed by atoms with E-state index in [-0.39, 0.29) is 0 Å². The Kier molecular flexibility index (Phi) is 2.65. The zero-order chi connectivity index (χ0) is 7.40. The molecule has 4 nitrogen and oxygen atoms in total. The summed E-state index contributed by atoms with van der Waals surface area (Å²) in [5, 5.41) is 10.1. The van der Waals surface area contributed by atoms with Gasteiger partial charge in [0.05, 0.1) is 0 Å². The van der Waals surface area contributed by atoms with Crippen molar-refractivity contribution in [3.05, 3.63) is 0 Å².